The molecule has 0 fully saturated rings. The summed E-state index contributed by atoms with van der Waals surface area (Å²) in [6.07, 6.45) is 0. The molecule has 0 saturated heterocycles. The first-order valence-electron chi connectivity index (χ1n) is 11.6. The van der Waals surface area contributed by atoms with Gasteiger partial charge in [-0.25, -0.2) is 4.39 Å². The summed E-state index contributed by atoms with van der Waals surface area (Å²) in [6, 6.07) is 25.7. The number of carbonyl (C=O) groups is 1. The molecule has 0 bridgehead atoms. The zero-order valence-corrected chi connectivity index (χ0v) is 20.3. The lowest BCUT2D eigenvalue weighted by Gasteiger charge is -2.35. The van der Waals surface area contributed by atoms with E-state index in [1.54, 1.807) is 23.1 Å². The Balaban J connectivity index is 1.48. The van der Waals surface area contributed by atoms with Crippen LogP contribution in [0.4, 0.5) is 21.5 Å². The monoisotopic (exact) mass is 502 g/mol. The Kier molecular flexibility index (Phi) is 6.78. The van der Waals surface area contributed by atoms with Gasteiger partial charge in [0.1, 0.15) is 18.5 Å². The van der Waals surface area contributed by atoms with Crippen LogP contribution in [0.15, 0.2) is 91.0 Å². The molecule has 4 aromatic rings. The maximum absolute atomic E-state index is 13.8. The van der Waals surface area contributed by atoms with Gasteiger partial charge in [0.15, 0.2) is 11.5 Å². The number of ether oxygens (including phenoxy) is 2. The Morgan fingerprint density at radius 2 is 1.67 bits per heavy atom. The van der Waals surface area contributed by atoms with Gasteiger partial charge in [0.2, 0.25) is 0 Å². The van der Waals surface area contributed by atoms with Crippen molar-refractivity contribution in [2.24, 2.45) is 0 Å². The third-order valence-corrected chi connectivity index (χ3v) is 6.31. The smallest absolute Gasteiger partial charge is 0.258 e. The third-order valence-electron chi connectivity index (χ3n) is 5.94. The number of nitrogens with one attached hydrogen (secondary N) is 1. The van der Waals surface area contributed by atoms with Gasteiger partial charge in [0.05, 0.1) is 18.0 Å². The molecule has 4 aromatic carbocycles. The van der Waals surface area contributed by atoms with Gasteiger partial charge < -0.3 is 14.8 Å². The maximum Gasteiger partial charge on any atom is 0.258 e. The van der Waals surface area contributed by atoms with E-state index in [1.807, 2.05) is 67.6 Å². The molecule has 1 atom stereocenters. The first-order valence-corrected chi connectivity index (χ1v) is 12.0. The number of rotatable bonds is 7. The minimum Gasteiger partial charge on any atom is -0.490 e. The van der Waals surface area contributed by atoms with Crippen LogP contribution >= 0.6 is 11.6 Å². The zero-order chi connectivity index (χ0) is 25.1. The fourth-order valence-electron chi connectivity index (χ4n) is 4.20. The molecule has 0 aliphatic carbocycles. The van der Waals surface area contributed by atoms with Crippen molar-refractivity contribution in [3.05, 3.63) is 113 Å². The van der Waals surface area contributed by atoms with Gasteiger partial charge in [0, 0.05) is 16.3 Å². The largest absolute Gasteiger partial charge is 0.490 e. The third kappa shape index (κ3) is 4.72. The van der Waals surface area contributed by atoms with Crippen LogP contribution in [0.25, 0.3) is 0 Å². The highest BCUT2D eigenvalue weighted by Gasteiger charge is 2.35. The molecule has 7 heteroatoms. The zero-order valence-electron chi connectivity index (χ0n) is 19.6. The van der Waals surface area contributed by atoms with Crippen LogP contribution in [0.1, 0.15) is 24.1 Å². The van der Waals surface area contributed by atoms with E-state index in [0.29, 0.717) is 34.5 Å². The van der Waals surface area contributed by atoms with Crippen LogP contribution in [-0.4, -0.2) is 12.5 Å². The molecule has 5 rings (SSSR count). The summed E-state index contributed by atoms with van der Waals surface area (Å²) in [6.45, 7) is 2.61. The van der Waals surface area contributed by atoms with Crippen LogP contribution < -0.4 is 19.7 Å². The van der Waals surface area contributed by atoms with Crippen molar-refractivity contribution < 1.29 is 18.7 Å². The van der Waals surface area contributed by atoms with Crippen molar-refractivity contribution >= 4 is 34.6 Å². The predicted octanol–water partition coefficient (Wildman–Crippen LogP) is 7.29. The SMILES string of the molecule is CCOc1cc(C2Nc3ccccc3N(c3ccc(F)cc3)C2=O)ccc1OCc1ccccc1Cl. The number of halogens is 2. The second kappa shape index (κ2) is 10.3. The highest BCUT2D eigenvalue weighted by atomic mass is 35.5. The summed E-state index contributed by atoms with van der Waals surface area (Å²) >= 11 is 6.27. The quantitative estimate of drug-likeness (QED) is 0.288. The van der Waals surface area contributed by atoms with Crippen molar-refractivity contribution in [3.63, 3.8) is 0 Å². The number of carbonyl (C=O) groups excluding carboxylic acids is 1. The maximum atomic E-state index is 13.8. The lowest BCUT2D eigenvalue weighted by atomic mass is 10.00. The summed E-state index contributed by atoms with van der Waals surface area (Å²) in [4.78, 5) is 15.4. The molecule has 5 nitrogen and oxygen atoms in total. The summed E-state index contributed by atoms with van der Waals surface area (Å²) < 4.78 is 25.5. The molecule has 0 radical (unpaired) electrons. The van der Waals surface area contributed by atoms with Crippen LogP contribution in [-0.2, 0) is 11.4 Å². The van der Waals surface area contributed by atoms with E-state index in [0.717, 1.165) is 16.8 Å². The van der Waals surface area contributed by atoms with Crippen LogP contribution in [0.5, 0.6) is 11.5 Å². The topological polar surface area (TPSA) is 50.8 Å². The minimum absolute atomic E-state index is 0.188. The van der Waals surface area contributed by atoms with Gasteiger partial charge in [-0.1, -0.05) is 48.0 Å². The summed E-state index contributed by atoms with van der Waals surface area (Å²) in [5.74, 6) is 0.538. The van der Waals surface area contributed by atoms with E-state index in [1.165, 1.54) is 12.1 Å². The fraction of sp³-hybridized carbons (Fsp3) is 0.138. The Bertz CT molecular complexity index is 1390. The summed E-state index contributed by atoms with van der Waals surface area (Å²) in [7, 11) is 0. The summed E-state index contributed by atoms with van der Waals surface area (Å²) in [5, 5.41) is 3.98. The van der Waals surface area contributed by atoms with Crippen molar-refractivity contribution in [3.8, 4) is 11.5 Å². The van der Waals surface area contributed by atoms with E-state index >= 15 is 0 Å². The fourth-order valence-corrected chi connectivity index (χ4v) is 4.39. The highest BCUT2D eigenvalue weighted by Crippen LogP contribution is 2.42. The van der Waals surface area contributed by atoms with Crippen molar-refractivity contribution in [2.75, 3.05) is 16.8 Å². The average molecular weight is 503 g/mol. The molecule has 1 N–H and O–H groups in total. The van der Waals surface area contributed by atoms with Gasteiger partial charge in [-0.3, -0.25) is 9.69 Å². The molecule has 0 spiro atoms. The molecule has 1 aliphatic rings. The molecular weight excluding hydrogens is 479 g/mol. The Hall–Kier alpha value is -4.03. The summed E-state index contributed by atoms with van der Waals surface area (Å²) in [5.41, 5.74) is 3.67. The van der Waals surface area contributed by atoms with E-state index in [-0.39, 0.29) is 18.3 Å². The van der Waals surface area contributed by atoms with E-state index in [4.69, 9.17) is 21.1 Å². The van der Waals surface area contributed by atoms with Gasteiger partial charge in [0.25, 0.3) is 5.91 Å². The van der Waals surface area contributed by atoms with Gasteiger partial charge in [-0.2, -0.15) is 0 Å². The normalized spacial score (nSPS) is 14.7. The lowest BCUT2D eigenvalue weighted by Crippen LogP contribution is -2.39. The van der Waals surface area contributed by atoms with Crippen molar-refractivity contribution in [1.29, 1.82) is 0 Å². The van der Waals surface area contributed by atoms with Crippen LogP contribution in [0.2, 0.25) is 5.02 Å². The molecule has 1 aliphatic heterocycles. The molecular formula is C29H24ClFN2O3. The second-order valence-electron chi connectivity index (χ2n) is 8.26. The first kappa shape index (κ1) is 23.7. The van der Waals surface area contributed by atoms with Gasteiger partial charge in [-0.05, 0) is 67.1 Å². The molecule has 182 valence electrons. The van der Waals surface area contributed by atoms with Gasteiger partial charge in [-0.15, -0.1) is 0 Å². The van der Waals surface area contributed by atoms with Crippen molar-refractivity contribution in [1.82, 2.24) is 0 Å². The van der Waals surface area contributed by atoms with E-state index < -0.39 is 6.04 Å². The molecule has 36 heavy (non-hydrogen) atoms. The Morgan fingerprint density at radius 1 is 0.917 bits per heavy atom. The number of nitrogens with zero attached hydrogens (tertiary/aromatic N) is 1. The molecule has 1 unspecified atom stereocenters. The number of fused-ring (bicyclic) bond motifs is 1. The van der Waals surface area contributed by atoms with Crippen LogP contribution in [0, 0.1) is 5.82 Å². The van der Waals surface area contributed by atoms with Gasteiger partial charge >= 0.3 is 0 Å². The Morgan fingerprint density at radius 3 is 2.44 bits per heavy atom. The minimum atomic E-state index is -0.679. The average Bonchev–Trinajstić information content (AvgIpc) is 2.89. The molecule has 1 heterocycles. The van der Waals surface area contributed by atoms with Crippen LogP contribution in [0.3, 0.4) is 0 Å². The van der Waals surface area contributed by atoms with Crippen molar-refractivity contribution in [2.45, 2.75) is 19.6 Å². The number of hydrogen-bond donors (Lipinski definition) is 1. The Labute approximate surface area is 214 Å². The number of anilines is 3. The first-order chi connectivity index (χ1) is 17.5. The van der Waals surface area contributed by atoms with E-state index in [2.05, 4.69) is 5.32 Å². The molecule has 0 saturated carbocycles. The highest BCUT2D eigenvalue weighted by molar-refractivity contribution is 6.31. The molecule has 0 aromatic heterocycles. The number of benzene rings is 4. The second-order valence-corrected chi connectivity index (χ2v) is 8.67. The standard InChI is InChI=1S/C29H24ClFN2O3/c1-2-35-27-17-19(11-16-26(27)36-18-20-7-3-4-8-23(20)30)28-29(34)33(22-14-12-21(31)13-15-22)25-10-6-5-9-24(25)32-28/h3-17,28,32H,2,18H2,1H3. The number of amides is 1. The lowest BCUT2D eigenvalue weighted by molar-refractivity contribution is -0.118. The van der Waals surface area contributed by atoms with E-state index in [9.17, 15) is 9.18 Å². The molecule has 1 amide bonds. The number of hydrogen-bond acceptors (Lipinski definition) is 4. The number of para-hydroxylation sites is 2. The predicted molar refractivity (Wildman–Crippen MR) is 140 cm³/mol.